The number of unbranched alkanes of at least 4 members (excludes halogenated alkanes) is 5. The van der Waals surface area contributed by atoms with Gasteiger partial charge in [0.1, 0.15) is 5.75 Å². The Morgan fingerprint density at radius 2 is 1.81 bits per heavy atom. The smallest absolute Gasteiger partial charge is 0.119 e. The molecular formula is C23H35ClN2O. The molecule has 0 aromatic heterocycles. The van der Waals surface area contributed by atoms with Gasteiger partial charge in [-0.25, -0.2) is 4.99 Å². The summed E-state index contributed by atoms with van der Waals surface area (Å²) < 4.78 is 5.79. The second kappa shape index (κ2) is 12.8. The number of aliphatic imine (C=N–C) groups is 1. The van der Waals surface area contributed by atoms with Crippen molar-refractivity contribution in [3.05, 3.63) is 36.0 Å². The van der Waals surface area contributed by atoms with Crippen molar-refractivity contribution in [2.75, 3.05) is 18.1 Å². The highest BCUT2D eigenvalue weighted by atomic mass is 35.5. The van der Waals surface area contributed by atoms with Gasteiger partial charge in [0.05, 0.1) is 12.9 Å². The minimum Gasteiger partial charge on any atom is -0.494 e. The van der Waals surface area contributed by atoms with Crippen molar-refractivity contribution in [2.45, 2.75) is 77.0 Å². The number of nitrogens with zero attached hydrogens (tertiary/aromatic N) is 2. The van der Waals surface area contributed by atoms with E-state index in [-0.39, 0.29) is 5.38 Å². The van der Waals surface area contributed by atoms with Crippen LogP contribution >= 0.6 is 11.6 Å². The van der Waals surface area contributed by atoms with Crippen LogP contribution in [0.3, 0.4) is 0 Å². The van der Waals surface area contributed by atoms with Gasteiger partial charge in [0.25, 0.3) is 0 Å². The predicted molar refractivity (Wildman–Crippen MR) is 118 cm³/mol. The van der Waals surface area contributed by atoms with Gasteiger partial charge in [0, 0.05) is 23.8 Å². The first kappa shape index (κ1) is 21.8. The Bertz CT molecular complexity index is 583. The molecule has 1 heterocycles. The van der Waals surface area contributed by atoms with E-state index in [0.29, 0.717) is 6.61 Å². The molecule has 0 saturated carbocycles. The Kier molecular flexibility index (Phi) is 10.4. The molecule has 0 saturated heterocycles. The van der Waals surface area contributed by atoms with Crippen LogP contribution in [-0.4, -0.2) is 24.9 Å². The quantitative estimate of drug-likeness (QED) is 0.268. The van der Waals surface area contributed by atoms with Gasteiger partial charge in [-0.05, 0) is 55.5 Å². The van der Waals surface area contributed by atoms with E-state index in [1.807, 2.05) is 24.7 Å². The van der Waals surface area contributed by atoms with Crippen LogP contribution < -0.4 is 9.64 Å². The third kappa shape index (κ3) is 8.38. The largest absolute Gasteiger partial charge is 0.494 e. The molecule has 0 fully saturated rings. The summed E-state index contributed by atoms with van der Waals surface area (Å²) in [6.07, 6.45) is 15.0. The summed E-state index contributed by atoms with van der Waals surface area (Å²) >= 11 is 6.13. The average Bonchev–Trinajstić information content (AvgIpc) is 2.71. The van der Waals surface area contributed by atoms with Crippen molar-refractivity contribution in [3.8, 4) is 5.75 Å². The Labute approximate surface area is 170 Å². The van der Waals surface area contributed by atoms with Crippen molar-refractivity contribution >= 4 is 23.6 Å². The number of hydrogen-bond donors (Lipinski definition) is 0. The van der Waals surface area contributed by atoms with E-state index in [1.54, 1.807) is 0 Å². The van der Waals surface area contributed by atoms with E-state index in [9.17, 15) is 0 Å². The van der Waals surface area contributed by atoms with Gasteiger partial charge in [-0.15, -0.1) is 11.6 Å². The molecule has 0 spiro atoms. The highest BCUT2D eigenvalue weighted by Crippen LogP contribution is 2.23. The summed E-state index contributed by atoms with van der Waals surface area (Å²) in [6.45, 7) is 5.96. The van der Waals surface area contributed by atoms with Gasteiger partial charge in [0.15, 0.2) is 0 Å². The van der Waals surface area contributed by atoms with Crippen LogP contribution in [0.1, 0.15) is 71.6 Å². The third-order valence-corrected chi connectivity index (χ3v) is 5.53. The second-order valence-corrected chi connectivity index (χ2v) is 7.95. The topological polar surface area (TPSA) is 24.8 Å². The van der Waals surface area contributed by atoms with Gasteiger partial charge in [-0.1, -0.05) is 46.0 Å². The second-order valence-electron chi connectivity index (χ2n) is 7.33. The van der Waals surface area contributed by atoms with Crippen LogP contribution in [0.2, 0.25) is 0 Å². The number of alkyl halides is 1. The zero-order chi connectivity index (χ0) is 19.3. The average molecular weight is 391 g/mol. The molecule has 150 valence electrons. The molecule has 3 nitrogen and oxygen atoms in total. The lowest BCUT2D eigenvalue weighted by Gasteiger charge is -2.24. The van der Waals surface area contributed by atoms with Crippen molar-refractivity contribution < 1.29 is 4.74 Å². The molecule has 1 aliphatic heterocycles. The van der Waals surface area contributed by atoms with Crippen LogP contribution in [0, 0.1) is 0 Å². The molecule has 2 rings (SSSR count). The number of anilines is 1. The maximum atomic E-state index is 6.13. The van der Waals surface area contributed by atoms with Crippen molar-refractivity contribution in [3.63, 3.8) is 0 Å². The van der Waals surface area contributed by atoms with E-state index in [0.717, 1.165) is 37.2 Å². The standard InChI is InChI=1S/C23H35ClN2O/c1-3-5-6-7-8-9-10-20-17-25-19-26(18-20)22-11-13-23(14-12-22)27-16-15-21(24)4-2/h11-14,17,19,21H,3-10,15-16,18H2,1-2H3. The number of ether oxygens (including phenoxy) is 1. The zero-order valence-electron chi connectivity index (χ0n) is 17.0. The molecule has 1 aromatic rings. The van der Waals surface area contributed by atoms with Gasteiger partial charge in [-0.3, -0.25) is 0 Å². The summed E-state index contributed by atoms with van der Waals surface area (Å²) in [4.78, 5) is 6.65. The molecule has 1 aromatic carbocycles. The molecule has 27 heavy (non-hydrogen) atoms. The minimum absolute atomic E-state index is 0.200. The molecule has 1 aliphatic rings. The first-order valence-electron chi connectivity index (χ1n) is 10.6. The molecule has 0 radical (unpaired) electrons. The maximum absolute atomic E-state index is 6.13. The van der Waals surface area contributed by atoms with Gasteiger partial charge in [-0.2, -0.15) is 0 Å². The fourth-order valence-electron chi connectivity index (χ4n) is 3.20. The fraction of sp³-hybridized carbons (Fsp3) is 0.609. The monoisotopic (exact) mass is 390 g/mol. The Morgan fingerprint density at radius 1 is 1.07 bits per heavy atom. The predicted octanol–water partition coefficient (Wildman–Crippen LogP) is 6.96. The summed E-state index contributed by atoms with van der Waals surface area (Å²) in [5, 5.41) is 0.200. The van der Waals surface area contributed by atoms with Crippen LogP contribution in [0.4, 0.5) is 5.69 Å². The fourth-order valence-corrected chi connectivity index (χ4v) is 3.29. The lowest BCUT2D eigenvalue weighted by molar-refractivity contribution is 0.307. The van der Waals surface area contributed by atoms with E-state index in [1.165, 1.54) is 44.1 Å². The molecule has 1 atom stereocenters. The number of rotatable bonds is 13. The lowest BCUT2D eigenvalue weighted by atomic mass is 10.0. The van der Waals surface area contributed by atoms with Gasteiger partial charge < -0.3 is 9.64 Å². The van der Waals surface area contributed by atoms with Gasteiger partial charge in [0.2, 0.25) is 0 Å². The molecule has 1 unspecified atom stereocenters. The Hall–Kier alpha value is -1.48. The van der Waals surface area contributed by atoms with Gasteiger partial charge >= 0.3 is 0 Å². The minimum atomic E-state index is 0.200. The van der Waals surface area contributed by atoms with Crippen molar-refractivity contribution in [1.82, 2.24) is 0 Å². The molecule has 0 amide bonds. The van der Waals surface area contributed by atoms with Crippen LogP contribution in [0.25, 0.3) is 0 Å². The maximum Gasteiger partial charge on any atom is 0.119 e. The highest BCUT2D eigenvalue weighted by Gasteiger charge is 2.11. The van der Waals surface area contributed by atoms with Crippen LogP contribution in [-0.2, 0) is 0 Å². The highest BCUT2D eigenvalue weighted by molar-refractivity contribution is 6.20. The summed E-state index contributed by atoms with van der Waals surface area (Å²) in [5.41, 5.74) is 2.57. The zero-order valence-corrected chi connectivity index (χ0v) is 17.8. The van der Waals surface area contributed by atoms with E-state index in [2.05, 4.69) is 35.9 Å². The number of benzene rings is 1. The van der Waals surface area contributed by atoms with E-state index < -0.39 is 0 Å². The van der Waals surface area contributed by atoms with Crippen LogP contribution in [0.15, 0.2) is 41.0 Å². The number of halogens is 1. The summed E-state index contributed by atoms with van der Waals surface area (Å²) in [7, 11) is 0. The molecular weight excluding hydrogens is 356 g/mol. The summed E-state index contributed by atoms with van der Waals surface area (Å²) in [6, 6.07) is 8.27. The molecule has 0 bridgehead atoms. The van der Waals surface area contributed by atoms with Crippen molar-refractivity contribution in [2.24, 2.45) is 4.99 Å². The van der Waals surface area contributed by atoms with E-state index in [4.69, 9.17) is 16.3 Å². The first-order chi connectivity index (χ1) is 13.2. The summed E-state index contributed by atoms with van der Waals surface area (Å²) in [5.74, 6) is 0.899. The molecule has 0 N–H and O–H groups in total. The first-order valence-corrected chi connectivity index (χ1v) is 11.0. The normalized spacial score (nSPS) is 14.9. The third-order valence-electron chi connectivity index (χ3n) is 5.00. The SMILES string of the molecule is CCCCCCCCC1=CN=CN(c2ccc(OCCC(Cl)CC)cc2)C1. The van der Waals surface area contributed by atoms with E-state index >= 15 is 0 Å². The molecule has 0 aliphatic carbocycles. The Morgan fingerprint density at radius 3 is 2.56 bits per heavy atom. The van der Waals surface area contributed by atoms with Crippen molar-refractivity contribution in [1.29, 1.82) is 0 Å². The van der Waals surface area contributed by atoms with Crippen LogP contribution in [0.5, 0.6) is 5.75 Å². The molecule has 4 heteroatoms. The number of hydrogen-bond acceptors (Lipinski definition) is 3. The Balaban J connectivity index is 1.73. The lowest BCUT2D eigenvalue weighted by Crippen LogP contribution is -2.26.